The first-order valence-corrected chi connectivity index (χ1v) is 7.21. The molecular formula is C13H11BrClN3O3. The van der Waals surface area contributed by atoms with E-state index in [2.05, 4.69) is 25.9 Å². The second kappa shape index (κ2) is 6.36. The van der Waals surface area contributed by atoms with E-state index in [4.69, 9.17) is 16.3 Å². The molecule has 2 aromatic rings. The lowest BCUT2D eigenvalue weighted by Gasteiger charge is -2.10. The SMILES string of the molecule is CC(C)c1nc(Br)cc(Oc2c(Cl)cccc2[N+](=O)[O-])n1. The summed E-state index contributed by atoms with van der Waals surface area (Å²) in [6, 6.07) is 5.85. The van der Waals surface area contributed by atoms with Crippen LogP contribution in [0.1, 0.15) is 25.6 Å². The van der Waals surface area contributed by atoms with Crippen LogP contribution in [-0.4, -0.2) is 14.9 Å². The van der Waals surface area contributed by atoms with Crippen LogP contribution >= 0.6 is 27.5 Å². The molecular weight excluding hydrogens is 362 g/mol. The van der Waals surface area contributed by atoms with Crippen molar-refractivity contribution in [2.45, 2.75) is 19.8 Å². The van der Waals surface area contributed by atoms with Crippen molar-refractivity contribution in [3.8, 4) is 11.6 Å². The van der Waals surface area contributed by atoms with Gasteiger partial charge in [0.05, 0.1) is 9.95 Å². The Morgan fingerprint density at radius 2 is 2.10 bits per heavy atom. The lowest BCUT2D eigenvalue weighted by atomic mass is 10.2. The zero-order valence-corrected chi connectivity index (χ0v) is 13.6. The van der Waals surface area contributed by atoms with Gasteiger partial charge in [0.15, 0.2) is 0 Å². The highest BCUT2D eigenvalue weighted by Gasteiger charge is 2.20. The average molecular weight is 373 g/mol. The van der Waals surface area contributed by atoms with Crippen molar-refractivity contribution >= 4 is 33.2 Å². The van der Waals surface area contributed by atoms with Crippen LogP contribution in [0.5, 0.6) is 11.6 Å². The van der Waals surface area contributed by atoms with Crippen molar-refractivity contribution in [3.63, 3.8) is 0 Å². The summed E-state index contributed by atoms with van der Waals surface area (Å²) in [4.78, 5) is 18.9. The van der Waals surface area contributed by atoms with E-state index >= 15 is 0 Å². The van der Waals surface area contributed by atoms with E-state index in [1.807, 2.05) is 13.8 Å². The third-order valence-corrected chi connectivity index (χ3v) is 3.26. The van der Waals surface area contributed by atoms with Gasteiger partial charge in [-0.05, 0) is 22.0 Å². The molecule has 0 amide bonds. The number of halogens is 2. The van der Waals surface area contributed by atoms with Gasteiger partial charge in [0.25, 0.3) is 0 Å². The summed E-state index contributed by atoms with van der Waals surface area (Å²) in [7, 11) is 0. The lowest BCUT2D eigenvalue weighted by molar-refractivity contribution is -0.385. The van der Waals surface area contributed by atoms with Crippen LogP contribution in [0, 0.1) is 10.1 Å². The van der Waals surface area contributed by atoms with Crippen LogP contribution < -0.4 is 4.74 Å². The molecule has 1 aromatic heterocycles. The van der Waals surface area contributed by atoms with E-state index in [0.717, 1.165) is 0 Å². The number of nitro benzene ring substituents is 1. The number of para-hydroxylation sites is 1. The Labute approximate surface area is 134 Å². The first-order chi connectivity index (χ1) is 9.88. The Hall–Kier alpha value is -1.73. The summed E-state index contributed by atoms with van der Waals surface area (Å²) in [5.74, 6) is 0.807. The van der Waals surface area contributed by atoms with E-state index in [1.54, 1.807) is 0 Å². The number of hydrogen-bond acceptors (Lipinski definition) is 5. The summed E-state index contributed by atoms with van der Waals surface area (Å²) in [6.07, 6.45) is 0. The maximum absolute atomic E-state index is 11.0. The van der Waals surface area contributed by atoms with E-state index in [-0.39, 0.29) is 28.3 Å². The monoisotopic (exact) mass is 371 g/mol. The number of hydrogen-bond donors (Lipinski definition) is 0. The Bertz CT molecular complexity index is 694. The predicted octanol–water partition coefficient (Wildman–Crippen LogP) is 4.72. The van der Waals surface area contributed by atoms with Gasteiger partial charge < -0.3 is 4.74 Å². The van der Waals surface area contributed by atoms with Crippen LogP contribution in [0.2, 0.25) is 5.02 Å². The molecule has 0 saturated carbocycles. The van der Waals surface area contributed by atoms with E-state index in [1.165, 1.54) is 24.3 Å². The van der Waals surface area contributed by atoms with Crippen molar-refractivity contribution in [1.29, 1.82) is 0 Å². The van der Waals surface area contributed by atoms with Crippen molar-refractivity contribution in [1.82, 2.24) is 9.97 Å². The molecule has 1 aromatic carbocycles. The van der Waals surface area contributed by atoms with Gasteiger partial charge in [0.2, 0.25) is 11.6 Å². The van der Waals surface area contributed by atoms with E-state index in [9.17, 15) is 10.1 Å². The second-order valence-corrected chi connectivity index (χ2v) is 5.71. The molecule has 6 nitrogen and oxygen atoms in total. The van der Waals surface area contributed by atoms with Gasteiger partial charge in [0, 0.05) is 18.1 Å². The van der Waals surface area contributed by atoms with Crippen molar-refractivity contribution < 1.29 is 9.66 Å². The summed E-state index contributed by atoms with van der Waals surface area (Å²) in [6.45, 7) is 3.87. The van der Waals surface area contributed by atoms with Gasteiger partial charge >= 0.3 is 5.69 Å². The number of nitro groups is 1. The highest BCUT2D eigenvalue weighted by Crippen LogP contribution is 2.37. The van der Waals surface area contributed by atoms with Crippen LogP contribution in [0.3, 0.4) is 0 Å². The first kappa shape index (κ1) is 15.7. The van der Waals surface area contributed by atoms with Crippen molar-refractivity contribution in [2.24, 2.45) is 0 Å². The molecule has 0 spiro atoms. The molecule has 0 unspecified atom stereocenters. The van der Waals surface area contributed by atoms with E-state index in [0.29, 0.717) is 10.4 Å². The summed E-state index contributed by atoms with van der Waals surface area (Å²) in [5.41, 5.74) is -0.219. The molecule has 1 heterocycles. The molecule has 0 aliphatic heterocycles. The fraction of sp³-hybridized carbons (Fsp3) is 0.231. The average Bonchev–Trinajstić information content (AvgIpc) is 2.40. The first-order valence-electron chi connectivity index (χ1n) is 6.03. The standard InChI is InChI=1S/C13H11BrClN3O3/c1-7(2)13-16-10(14)6-11(17-13)21-12-8(15)4-3-5-9(12)18(19)20/h3-7H,1-2H3. The zero-order valence-electron chi connectivity index (χ0n) is 11.2. The maximum Gasteiger partial charge on any atom is 0.313 e. The Balaban J connectivity index is 2.45. The Morgan fingerprint density at radius 3 is 2.71 bits per heavy atom. The quantitative estimate of drug-likeness (QED) is 0.441. The molecule has 21 heavy (non-hydrogen) atoms. The number of aromatic nitrogens is 2. The molecule has 110 valence electrons. The molecule has 0 fully saturated rings. The highest BCUT2D eigenvalue weighted by atomic mass is 79.9. The molecule has 0 saturated heterocycles. The fourth-order valence-corrected chi connectivity index (χ4v) is 2.16. The third kappa shape index (κ3) is 3.68. The molecule has 0 N–H and O–H groups in total. The summed E-state index contributed by atoms with van der Waals surface area (Å²) in [5, 5.41) is 11.2. The highest BCUT2D eigenvalue weighted by molar-refractivity contribution is 9.10. The molecule has 0 radical (unpaired) electrons. The molecule has 0 bridgehead atoms. The smallest absolute Gasteiger partial charge is 0.313 e. The van der Waals surface area contributed by atoms with Gasteiger partial charge in [-0.2, -0.15) is 4.98 Å². The van der Waals surface area contributed by atoms with Crippen molar-refractivity contribution in [3.05, 3.63) is 49.8 Å². The number of nitrogens with zero attached hydrogens (tertiary/aromatic N) is 3. The molecule has 0 aliphatic carbocycles. The van der Waals surface area contributed by atoms with Gasteiger partial charge in [0.1, 0.15) is 10.4 Å². The molecule has 2 rings (SSSR count). The topological polar surface area (TPSA) is 78.2 Å². The zero-order chi connectivity index (χ0) is 15.6. The molecule has 0 aliphatic rings. The van der Waals surface area contributed by atoms with Crippen molar-refractivity contribution in [2.75, 3.05) is 0 Å². The number of rotatable bonds is 4. The molecule has 8 heteroatoms. The van der Waals surface area contributed by atoms with E-state index < -0.39 is 4.92 Å². The molecule has 0 atom stereocenters. The van der Waals surface area contributed by atoms with Crippen LogP contribution in [0.15, 0.2) is 28.9 Å². The predicted molar refractivity (Wildman–Crippen MR) is 82.0 cm³/mol. The van der Waals surface area contributed by atoms with Crippen LogP contribution in [0.4, 0.5) is 5.69 Å². The lowest BCUT2D eigenvalue weighted by Crippen LogP contribution is -2.01. The minimum absolute atomic E-state index is 0.0375. The summed E-state index contributed by atoms with van der Waals surface area (Å²) >= 11 is 9.24. The minimum Gasteiger partial charge on any atom is -0.430 e. The fourth-order valence-electron chi connectivity index (χ4n) is 1.57. The maximum atomic E-state index is 11.0. The second-order valence-electron chi connectivity index (χ2n) is 4.49. The largest absolute Gasteiger partial charge is 0.430 e. The number of benzene rings is 1. The van der Waals surface area contributed by atoms with Gasteiger partial charge in [-0.25, -0.2) is 4.98 Å². The third-order valence-electron chi connectivity index (χ3n) is 2.55. The van der Waals surface area contributed by atoms with Gasteiger partial charge in [-0.1, -0.05) is 31.5 Å². The Kier molecular flexibility index (Phi) is 4.74. The van der Waals surface area contributed by atoms with Gasteiger partial charge in [-0.15, -0.1) is 0 Å². The number of ether oxygens (including phenoxy) is 1. The van der Waals surface area contributed by atoms with Crippen LogP contribution in [-0.2, 0) is 0 Å². The minimum atomic E-state index is -0.555. The van der Waals surface area contributed by atoms with Gasteiger partial charge in [-0.3, -0.25) is 10.1 Å². The van der Waals surface area contributed by atoms with Crippen LogP contribution in [0.25, 0.3) is 0 Å². The summed E-state index contributed by atoms with van der Waals surface area (Å²) < 4.78 is 6.05. The Morgan fingerprint density at radius 1 is 1.38 bits per heavy atom. The normalized spacial score (nSPS) is 10.7.